The second-order valence-corrected chi connectivity index (χ2v) is 8.56. The van der Waals surface area contributed by atoms with Gasteiger partial charge in [0.2, 0.25) is 0 Å². The topological polar surface area (TPSA) is 61.8 Å². The van der Waals surface area contributed by atoms with Crippen LogP contribution in [0.2, 0.25) is 0 Å². The average molecular weight is 340 g/mol. The molecule has 2 fully saturated rings. The second-order valence-electron chi connectivity index (χ2n) is 8.56. The van der Waals surface area contributed by atoms with E-state index in [0.29, 0.717) is 24.2 Å². The molecule has 1 aliphatic heterocycles. The molecule has 2 aliphatic rings. The van der Waals surface area contributed by atoms with E-state index in [1.54, 1.807) is 0 Å². The zero-order valence-electron chi connectivity index (χ0n) is 15.9. The van der Waals surface area contributed by atoms with Crippen LogP contribution in [0.1, 0.15) is 66.7 Å². The number of rotatable bonds is 5. The fourth-order valence-corrected chi connectivity index (χ4v) is 4.29. The van der Waals surface area contributed by atoms with Crippen LogP contribution in [0.5, 0.6) is 0 Å². The van der Waals surface area contributed by atoms with Gasteiger partial charge in [0.1, 0.15) is 6.10 Å². The Morgan fingerprint density at radius 3 is 2.38 bits per heavy atom. The van der Waals surface area contributed by atoms with Crippen molar-refractivity contribution in [1.82, 2.24) is 0 Å². The van der Waals surface area contributed by atoms with Crippen LogP contribution >= 0.6 is 0 Å². The minimum absolute atomic E-state index is 0.0830. The molecule has 1 heterocycles. The molecule has 0 aromatic carbocycles. The van der Waals surface area contributed by atoms with E-state index in [4.69, 9.17) is 14.2 Å². The molecule has 5 nitrogen and oxygen atoms in total. The highest BCUT2D eigenvalue weighted by Crippen LogP contribution is 2.46. The van der Waals surface area contributed by atoms with Gasteiger partial charge in [0, 0.05) is 6.42 Å². The van der Waals surface area contributed by atoms with Crippen molar-refractivity contribution in [3.63, 3.8) is 0 Å². The molecule has 0 N–H and O–H groups in total. The SMILES string of the molecule is COC(=O)C[C@@]1(C(=O)OC2CC(C)CC[C@@H]2C(C)C)CC(C)(C)O1. The highest BCUT2D eigenvalue weighted by Gasteiger charge is 2.59. The van der Waals surface area contributed by atoms with Gasteiger partial charge in [0.25, 0.3) is 0 Å². The first-order chi connectivity index (χ1) is 11.1. The Labute approximate surface area is 145 Å². The Kier molecular flexibility index (Phi) is 5.63. The first-order valence-electron chi connectivity index (χ1n) is 9.06. The molecule has 2 unspecified atom stereocenters. The summed E-state index contributed by atoms with van der Waals surface area (Å²) < 4.78 is 16.5. The third-order valence-electron chi connectivity index (χ3n) is 5.43. The van der Waals surface area contributed by atoms with Crippen LogP contribution in [0.25, 0.3) is 0 Å². The van der Waals surface area contributed by atoms with Gasteiger partial charge in [0.05, 0.1) is 19.1 Å². The molecule has 5 heteroatoms. The number of carbonyl (C=O) groups is 2. The zero-order valence-corrected chi connectivity index (χ0v) is 15.9. The third-order valence-corrected chi connectivity index (χ3v) is 5.43. The predicted octanol–water partition coefficient (Wildman–Crippen LogP) is 3.49. The molecular formula is C19H32O5. The van der Waals surface area contributed by atoms with Gasteiger partial charge >= 0.3 is 11.9 Å². The summed E-state index contributed by atoms with van der Waals surface area (Å²) in [5, 5.41) is 0. The van der Waals surface area contributed by atoms with Crippen LogP contribution in [-0.4, -0.2) is 36.4 Å². The second kappa shape index (κ2) is 7.03. The number of hydrogen-bond acceptors (Lipinski definition) is 5. The maximum Gasteiger partial charge on any atom is 0.339 e. The molecule has 2 rings (SSSR count). The maximum atomic E-state index is 12.9. The van der Waals surface area contributed by atoms with Crippen LogP contribution in [0.4, 0.5) is 0 Å². The lowest BCUT2D eigenvalue weighted by Gasteiger charge is -2.51. The molecule has 0 aromatic heterocycles. The minimum Gasteiger partial charge on any atom is -0.469 e. The summed E-state index contributed by atoms with van der Waals surface area (Å²) in [6, 6.07) is 0. The van der Waals surface area contributed by atoms with E-state index >= 15 is 0 Å². The van der Waals surface area contributed by atoms with Gasteiger partial charge in [-0.15, -0.1) is 0 Å². The van der Waals surface area contributed by atoms with Crippen LogP contribution in [0.3, 0.4) is 0 Å². The van der Waals surface area contributed by atoms with E-state index in [2.05, 4.69) is 20.8 Å². The van der Waals surface area contributed by atoms with Gasteiger partial charge in [-0.05, 0) is 44.4 Å². The van der Waals surface area contributed by atoms with Gasteiger partial charge in [-0.2, -0.15) is 0 Å². The Morgan fingerprint density at radius 2 is 1.88 bits per heavy atom. The summed E-state index contributed by atoms with van der Waals surface area (Å²) >= 11 is 0. The summed E-state index contributed by atoms with van der Waals surface area (Å²) in [4.78, 5) is 24.6. The molecule has 0 spiro atoms. The molecular weight excluding hydrogens is 308 g/mol. The Hall–Kier alpha value is -1.10. The molecule has 1 saturated heterocycles. The largest absolute Gasteiger partial charge is 0.469 e. The summed E-state index contributed by atoms with van der Waals surface area (Å²) in [7, 11) is 1.32. The standard InChI is InChI=1S/C19H32O5/c1-12(2)14-8-7-13(3)9-15(14)23-17(21)19(10-16(20)22-6)11-18(4,5)24-19/h12-15H,7-11H2,1-6H3/t13?,14-,15?,19+/m1/s1. The van der Waals surface area contributed by atoms with E-state index in [1.807, 2.05) is 13.8 Å². The quantitative estimate of drug-likeness (QED) is 0.717. The van der Waals surface area contributed by atoms with Gasteiger partial charge in [-0.25, -0.2) is 4.79 Å². The molecule has 4 atom stereocenters. The lowest BCUT2D eigenvalue weighted by molar-refractivity contribution is -0.267. The fourth-order valence-electron chi connectivity index (χ4n) is 4.29. The van der Waals surface area contributed by atoms with Crippen molar-refractivity contribution in [3.8, 4) is 0 Å². The molecule has 24 heavy (non-hydrogen) atoms. The lowest BCUT2D eigenvalue weighted by atomic mass is 9.75. The number of hydrogen-bond donors (Lipinski definition) is 0. The van der Waals surface area contributed by atoms with Crippen molar-refractivity contribution in [1.29, 1.82) is 0 Å². The van der Waals surface area contributed by atoms with Crippen molar-refractivity contribution in [2.75, 3.05) is 7.11 Å². The smallest absolute Gasteiger partial charge is 0.339 e. The highest BCUT2D eigenvalue weighted by atomic mass is 16.6. The number of carbonyl (C=O) groups excluding carboxylic acids is 2. The zero-order chi connectivity index (χ0) is 18.1. The van der Waals surface area contributed by atoms with Crippen LogP contribution in [0, 0.1) is 17.8 Å². The van der Waals surface area contributed by atoms with E-state index in [1.165, 1.54) is 13.5 Å². The molecule has 0 bridgehead atoms. The van der Waals surface area contributed by atoms with Gasteiger partial charge in [0.15, 0.2) is 5.60 Å². The number of ether oxygens (including phenoxy) is 3. The molecule has 0 amide bonds. The predicted molar refractivity (Wildman–Crippen MR) is 90.4 cm³/mol. The minimum atomic E-state index is -1.18. The van der Waals surface area contributed by atoms with E-state index in [9.17, 15) is 9.59 Å². The van der Waals surface area contributed by atoms with Crippen LogP contribution < -0.4 is 0 Å². The highest BCUT2D eigenvalue weighted by molar-refractivity contribution is 5.87. The maximum absolute atomic E-state index is 12.9. The lowest BCUT2D eigenvalue weighted by Crippen LogP contribution is -2.63. The van der Waals surface area contributed by atoms with Crippen molar-refractivity contribution < 1.29 is 23.8 Å². The van der Waals surface area contributed by atoms with Crippen LogP contribution in [0.15, 0.2) is 0 Å². The fraction of sp³-hybridized carbons (Fsp3) is 0.895. The normalized spacial score (nSPS) is 35.2. The van der Waals surface area contributed by atoms with Crippen LogP contribution in [-0.2, 0) is 23.8 Å². The summed E-state index contributed by atoms with van der Waals surface area (Å²) in [5.74, 6) is 0.531. The average Bonchev–Trinajstić information content (AvgIpc) is 2.44. The third kappa shape index (κ3) is 4.11. The first kappa shape index (κ1) is 19.2. The van der Waals surface area contributed by atoms with Gasteiger partial charge in [-0.1, -0.05) is 27.2 Å². The molecule has 0 radical (unpaired) electrons. The number of methoxy groups -OCH3 is 1. The summed E-state index contributed by atoms with van der Waals surface area (Å²) in [6.45, 7) is 10.4. The Morgan fingerprint density at radius 1 is 1.25 bits per heavy atom. The first-order valence-corrected chi connectivity index (χ1v) is 9.06. The van der Waals surface area contributed by atoms with Crippen molar-refractivity contribution in [2.45, 2.75) is 84.0 Å². The van der Waals surface area contributed by atoms with Crippen molar-refractivity contribution >= 4 is 11.9 Å². The summed E-state index contributed by atoms with van der Waals surface area (Å²) in [5.41, 5.74) is -1.59. The van der Waals surface area contributed by atoms with Crippen molar-refractivity contribution in [3.05, 3.63) is 0 Å². The Bertz CT molecular complexity index is 474. The van der Waals surface area contributed by atoms with E-state index < -0.39 is 23.1 Å². The van der Waals surface area contributed by atoms with Crippen molar-refractivity contribution in [2.24, 2.45) is 17.8 Å². The van der Waals surface area contributed by atoms with Gasteiger partial charge < -0.3 is 14.2 Å². The molecule has 1 saturated carbocycles. The number of esters is 2. The Balaban J connectivity index is 2.10. The van der Waals surface area contributed by atoms with E-state index in [0.717, 1.165) is 12.8 Å². The monoisotopic (exact) mass is 340 g/mol. The molecule has 0 aromatic rings. The van der Waals surface area contributed by atoms with E-state index in [-0.39, 0.29) is 12.5 Å². The van der Waals surface area contributed by atoms with Gasteiger partial charge in [-0.3, -0.25) is 4.79 Å². The molecule has 138 valence electrons. The molecule has 1 aliphatic carbocycles. The summed E-state index contributed by atoms with van der Waals surface area (Å²) in [6.07, 6.45) is 3.43.